The molecule has 6 nitrogen and oxygen atoms in total. The Morgan fingerprint density at radius 2 is 1.92 bits per heavy atom. The van der Waals surface area contributed by atoms with Gasteiger partial charge in [0.25, 0.3) is 0 Å². The molecule has 1 fully saturated rings. The maximum atomic E-state index is 4.32. The van der Waals surface area contributed by atoms with Crippen molar-refractivity contribution in [3.63, 3.8) is 0 Å². The van der Waals surface area contributed by atoms with Gasteiger partial charge in [-0.2, -0.15) is 0 Å². The topological polar surface area (TPSA) is 66.6 Å². The first kappa shape index (κ1) is 18.7. The van der Waals surface area contributed by atoms with Crippen LogP contribution in [0.4, 0.5) is 0 Å². The van der Waals surface area contributed by atoms with Gasteiger partial charge in [-0.3, -0.25) is 9.39 Å². The molecule has 0 atom stereocenters. The van der Waals surface area contributed by atoms with E-state index in [1.54, 1.807) is 0 Å². The number of fused-ring (bicyclic) bond motifs is 1. The lowest BCUT2D eigenvalue weighted by Crippen LogP contribution is -2.38. The molecule has 2 aromatic heterocycles. The molecule has 1 aliphatic carbocycles. The van der Waals surface area contributed by atoms with Crippen LogP contribution in [0.15, 0.2) is 29.4 Å². The number of aliphatic imine (C=N–C) groups is 1. The van der Waals surface area contributed by atoms with Crippen molar-refractivity contribution in [3.05, 3.63) is 30.2 Å². The Hall–Kier alpha value is -2.11. The fourth-order valence-corrected chi connectivity index (χ4v) is 3.81. The SMILES string of the molecule is CN=C(NCCCc1nnc2ccccn12)NCCCC1CCCCC1. The average molecular weight is 357 g/mol. The summed E-state index contributed by atoms with van der Waals surface area (Å²) < 4.78 is 2.05. The van der Waals surface area contributed by atoms with Crippen LogP contribution < -0.4 is 10.6 Å². The molecule has 2 aromatic rings. The molecule has 3 rings (SSSR count). The largest absolute Gasteiger partial charge is 0.356 e. The Morgan fingerprint density at radius 1 is 1.12 bits per heavy atom. The van der Waals surface area contributed by atoms with Gasteiger partial charge in [-0.15, -0.1) is 10.2 Å². The lowest BCUT2D eigenvalue weighted by atomic mass is 9.86. The van der Waals surface area contributed by atoms with Crippen molar-refractivity contribution < 1.29 is 0 Å². The van der Waals surface area contributed by atoms with Crippen molar-refractivity contribution in [2.75, 3.05) is 20.1 Å². The summed E-state index contributed by atoms with van der Waals surface area (Å²) in [4.78, 5) is 4.32. The van der Waals surface area contributed by atoms with E-state index in [1.165, 1.54) is 44.9 Å². The van der Waals surface area contributed by atoms with E-state index in [0.717, 1.165) is 49.3 Å². The number of rotatable bonds is 8. The number of pyridine rings is 1. The van der Waals surface area contributed by atoms with Gasteiger partial charge in [0.2, 0.25) is 0 Å². The summed E-state index contributed by atoms with van der Waals surface area (Å²) >= 11 is 0. The van der Waals surface area contributed by atoms with E-state index in [-0.39, 0.29) is 0 Å². The molecule has 1 saturated carbocycles. The summed E-state index contributed by atoms with van der Waals surface area (Å²) in [6.45, 7) is 1.88. The second-order valence-corrected chi connectivity index (χ2v) is 7.22. The molecule has 2 heterocycles. The normalized spacial score (nSPS) is 16.1. The van der Waals surface area contributed by atoms with Crippen molar-refractivity contribution in [3.8, 4) is 0 Å². The Morgan fingerprint density at radius 3 is 2.73 bits per heavy atom. The molecule has 6 heteroatoms. The van der Waals surface area contributed by atoms with E-state index in [1.807, 2.05) is 31.4 Å². The lowest BCUT2D eigenvalue weighted by molar-refractivity contribution is 0.332. The average Bonchev–Trinajstić information content (AvgIpc) is 3.11. The van der Waals surface area contributed by atoms with Gasteiger partial charge in [-0.05, 0) is 37.3 Å². The molecule has 0 radical (unpaired) electrons. The molecular weight excluding hydrogens is 324 g/mol. The standard InChI is InChI=1S/C20H32N6/c1-21-20(22-14-7-11-17-9-3-2-4-10-17)23-15-8-13-19-25-24-18-12-5-6-16-26(18)19/h5-6,12,16-17H,2-4,7-11,13-15H2,1H3,(H2,21,22,23). The zero-order valence-corrected chi connectivity index (χ0v) is 16.0. The Bertz CT molecular complexity index is 686. The molecule has 0 amide bonds. The first-order valence-corrected chi connectivity index (χ1v) is 10.1. The summed E-state index contributed by atoms with van der Waals surface area (Å²) in [6.07, 6.45) is 13.7. The minimum atomic E-state index is 0.879. The number of aryl methyl sites for hydroxylation is 1. The van der Waals surface area contributed by atoms with E-state index in [4.69, 9.17) is 0 Å². The van der Waals surface area contributed by atoms with Crippen LogP contribution in [-0.2, 0) is 6.42 Å². The highest BCUT2D eigenvalue weighted by molar-refractivity contribution is 5.79. The predicted octanol–water partition coefficient (Wildman–Crippen LogP) is 3.19. The van der Waals surface area contributed by atoms with Crippen LogP contribution in [0.1, 0.15) is 57.2 Å². The van der Waals surface area contributed by atoms with Crippen LogP contribution in [0.2, 0.25) is 0 Å². The molecular formula is C20H32N6. The zero-order chi connectivity index (χ0) is 18.0. The fourth-order valence-electron chi connectivity index (χ4n) is 3.81. The van der Waals surface area contributed by atoms with E-state index in [9.17, 15) is 0 Å². The highest BCUT2D eigenvalue weighted by atomic mass is 15.2. The van der Waals surface area contributed by atoms with E-state index in [0.29, 0.717) is 0 Å². The van der Waals surface area contributed by atoms with Gasteiger partial charge >= 0.3 is 0 Å². The van der Waals surface area contributed by atoms with Crippen molar-refractivity contribution in [2.24, 2.45) is 10.9 Å². The van der Waals surface area contributed by atoms with E-state index in [2.05, 4.69) is 30.2 Å². The number of hydrogen-bond donors (Lipinski definition) is 2. The first-order valence-electron chi connectivity index (χ1n) is 10.1. The molecule has 0 saturated heterocycles. The highest BCUT2D eigenvalue weighted by Crippen LogP contribution is 2.26. The number of aromatic nitrogens is 3. The third-order valence-corrected chi connectivity index (χ3v) is 5.28. The van der Waals surface area contributed by atoms with Gasteiger partial charge < -0.3 is 10.6 Å². The minimum absolute atomic E-state index is 0.879. The summed E-state index contributed by atoms with van der Waals surface area (Å²) in [5.74, 6) is 2.87. The minimum Gasteiger partial charge on any atom is -0.356 e. The van der Waals surface area contributed by atoms with Crippen LogP contribution in [-0.4, -0.2) is 40.7 Å². The van der Waals surface area contributed by atoms with Gasteiger partial charge in [-0.25, -0.2) is 0 Å². The molecule has 0 aliphatic heterocycles. The predicted molar refractivity (Wildman–Crippen MR) is 106 cm³/mol. The Kier molecular flexibility index (Phi) is 7.28. The highest BCUT2D eigenvalue weighted by Gasteiger charge is 2.12. The first-order chi connectivity index (χ1) is 12.9. The molecule has 0 bridgehead atoms. The molecule has 0 spiro atoms. The maximum Gasteiger partial charge on any atom is 0.190 e. The fraction of sp³-hybridized carbons (Fsp3) is 0.650. The van der Waals surface area contributed by atoms with Gasteiger partial charge in [0.1, 0.15) is 5.82 Å². The molecule has 142 valence electrons. The monoisotopic (exact) mass is 356 g/mol. The van der Waals surface area contributed by atoms with Crippen LogP contribution in [0, 0.1) is 5.92 Å². The number of guanidine groups is 1. The number of nitrogens with zero attached hydrogens (tertiary/aromatic N) is 4. The van der Waals surface area contributed by atoms with Gasteiger partial charge in [0, 0.05) is 32.8 Å². The second kappa shape index (κ2) is 10.1. The summed E-state index contributed by atoms with van der Waals surface area (Å²) in [5, 5.41) is 15.3. The third-order valence-electron chi connectivity index (χ3n) is 5.28. The van der Waals surface area contributed by atoms with Crippen LogP contribution in [0.25, 0.3) is 5.65 Å². The second-order valence-electron chi connectivity index (χ2n) is 7.22. The lowest BCUT2D eigenvalue weighted by Gasteiger charge is -2.21. The van der Waals surface area contributed by atoms with E-state index >= 15 is 0 Å². The van der Waals surface area contributed by atoms with Crippen molar-refractivity contribution >= 4 is 11.6 Å². The van der Waals surface area contributed by atoms with E-state index < -0.39 is 0 Å². The van der Waals surface area contributed by atoms with Crippen LogP contribution in [0.3, 0.4) is 0 Å². The Balaban J connectivity index is 1.30. The third kappa shape index (κ3) is 5.44. The molecule has 0 aromatic carbocycles. The van der Waals surface area contributed by atoms with Gasteiger partial charge in [-0.1, -0.05) is 38.2 Å². The molecule has 1 aliphatic rings. The zero-order valence-electron chi connectivity index (χ0n) is 16.0. The number of hydrogen-bond acceptors (Lipinski definition) is 3. The van der Waals surface area contributed by atoms with Gasteiger partial charge in [0.15, 0.2) is 11.6 Å². The van der Waals surface area contributed by atoms with Gasteiger partial charge in [0.05, 0.1) is 0 Å². The molecule has 26 heavy (non-hydrogen) atoms. The summed E-state index contributed by atoms with van der Waals surface area (Å²) in [5.41, 5.74) is 0.908. The van der Waals surface area contributed by atoms with Crippen LogP contribution in [0.5, 0.6) is 0 Å². The van der Waals surface area contributed by atoms with Crippen molar-refractivity contribution in [2.45, 2.75) is 57.8 Å². The van der Waals surface area contributed by atoms with Crippen molar-refractivity contribution in [1.29, 1.82) is 0 Å². The Labute approximate surface area is 156 Å². The number of nitrogens with one attached hydrogen (secondary N) is 2. The van der Waals surface area contributed by atoms with Crippen molar-refractivity contribution in [1.82, 2.24) is 25.2 Å². The molecule has 0 unspecified atom stereocenters. The summed E-state index contributed by atoms with van der Waals surface area (Å²) in [6, 6.07) is 5.98. The smallest absolute Gasteiger partial charge is 0.190 e. The molecule has 2 N–H and O–H groups in total. The maximum absolute atomic E-state index is 4.32. The van der Waals surface area contributed by atoms with Crippen LogP contribution >= 0.6 is 0 Å². The summed E-state index contributed by atoms with van der Waals surface area (Å²) in [7, 11) is 1.84. The quantitative estimate of drug-likeness (QED) is 0.433.